The third-order valence-electron chi connectivity index (χ3n) is 3.92. The van der Waals surface area contributed by atoms with E-state index >= 15 is 0 Å². The number of carbonyl (C=O) groups excluding carboxylic acids is 1. The number of aryl methyl sites for hydroxylation is 1. The Morgan fingerprint density at radius 3 is 2.96 bits per heavy atom. The van der Waals surface area contributed by atoms with Crippen LogP contribution in [0.15, 0.2) is 22.6 Å². The van der Waals surface area contributed by atoms with Crippen LogP contribution in [0.4, 0.5) is 0 Å². The molecule has 0 aliphatic carbocycles. The minimum Gasteiger partial charge on any atom is -0.481 e. The Bertz CT molecular complexity index is 769. The van der Waals surface area contributed by atoms with E-state index in [1.54, 1.807) is 23.1 Å². The molecule has 1 aromatic heterocycles. The van der Waals surface area contributed by atoms with Gasteiger partial charge in [-0.05, 0) is 25.1 Å². The first-order valence-corrected chi connectivity index (χ1v) is 7.65. The van der Waals surface area contributed by atoms with Gasteiger partial charge in [0, 0.05) is 29.1 Å². The highest BCUT2D eigenvalue weighted by Crippen LogP contribution is 2.29. The maximum Gasteiger partial charge on any atom is 0.306 e. The van der Waals surface area contributed by atoms with Crippen molar-refractivity contribution in [3.8, 4) is 0 Å². The summed E-state index contributed by atoms with van der Waals surface area (Å²) >= 11 is 5.99. The number of aliphatic carboxylic acids is 1. The number of fused-ring (bicyclic) bond motifs is 1. The second-order valence-corrected chi connectivity index (χ2v) is 5.97. The van der Waals surface area contributed by atoms with Crippen molar-refractivity contribution < 1.29 is 23.8 Å². The van der Waals surface area contributed by atoms with Crippen LogP contribution in [0.5, 0.6) is 0 Å². The lowest BCUT2D eigenvalue weighted by molar-refractivity contribution is -0.141. The van der Waals surface area contributed by atoms with Gasteiger partial charge >= 0.3 is 5.97 Å². The van der Waals surface area contributed by atoms with Gasteiger partial charge in [0.15, 0.2) is 5.76 Å². The van der Waals surface area contributed by atoms with Gasteiger partial charge in [-0.15, -0.1) is 0 Å². The molecule has 0 radical (unpaired) electrons. The van der Waals surface area contributed by atoms with Gasteiger partial charge in [-0.25, -0.2) is 0 Å². The number of benzene rings is 1. The van der Waals surface area contributed by atoms with Crippen molar-refractivity contribution in [2.24, 2.45) is 0 Å². The summed E-state index contributed by atoms with van der Waals surface area (Å²) in [5.74, 6) is -0.939. The van der Waals surface area contributed by atoms with Gasteiger partial charge in [0.25, 0.3) is 5.91 Å². The molecular formula is C16H16ClNO5. The topological polar surface area (TPSA) is 80.0 Å². The van der Waals surface area contributed by atoms with Crippen molar-refractivity contribution in [2.45, 2.75) is 19.4 Å². The molecule has 1 aliphatic heterocycles. The normalized spacial score (nSPS) is 18.3. The summed E-state index contributed by atoms with van der Waals surface area (Å²) in [5.41, 5.74) is 1.33. The minimum absolute atomic E-state index is 0.126. The van der Waals surface area contributed by atoms with E-state index in [1.165, 1.54) is 0 Å². The molecule has 1 aliphatic rings. The molecule has 0 spiro atoms. The van der Waals surface area contributed by atoms with E-state index in [-0.39, 0.29) is 24.6 Å². The molecule has 23 heavy (non-hydrogen) atoms. The summed E-state index contributed by atoms with van der Waals surface area (Å²) in [6.45, 7) is 2.77. The van der Waals surface area contributed by atoms with Crippen LogP contribution < -0.4 is 0 Å². The van der Waals surface area contributed by atoms with Crippen molar-refractivity contribution in [2.75, 3.05) is 19.7 Å². The van der Waals surface area contributed by atoms with E-state index in [2.05, 4.69) is 0 Å². The Balaban J connectivity index is 1.85. The molecule has 2 heterocycles. The van der Waals surface area contributed by atoms with Gasteiger partial charge in [0.1, 0.15) is 5.58 Å². The van der Waals surface area contributed by atoms with Crippen LogP contribution in [-0.2, 0) is 9.53 Å². The number of carboxylic acids is 1. The Kier molecular flexibility index (Phi) is 4.28. The number of carbonyl (C=O) groups is 2. The summed E-state index contributed by atoms with van der Waals surface area (Å²) in [6, 6.07) is 5.20. The predicted octanol–water partition coefficient (Wildman–Crippen LogP) is 2.71. The molecule has 7 heteroatoms. The lowest BCUT2D eigenvalue weighted by Crippen LogP contribution is -2.46. The second kappa shape index (κ2) is 6.22. The smallest absolute Gasteiger partial charge is 0.306 e. The minimum atomic E-state index is -0.946. The molecule has 1 atom stereocenters. The molecule has 6 nitrogen and oxygen atoms in total. The van der Waals surface area contributed by atoms with Gasteiger partial charge in [-0.2, -0.15) is 0 Å². The summed E-state index contributed by atoms with van der Waals surface area (Å²) in [4.78, 5) is 25.1. The summed E-state index contributed by atoms with van der Waals surface area (Å²) < 4.78 is 11.1. The maximum atomic E-state index is 12.7. The molecule has 1 amide bonds. The average Bonchev–Trinajstić information content (AvgIpc) is 2.83. The number of amides is 1. The van der Waals surface area contributed by atoms with Crippen molar-refractivity contribution in [1.82, 2.24) is 4.90 Å². The Hall–Kier alpha value is -2.05. The third-order valence-corrected chi connectivity index (χ3v) is 4.16. The molecule has 0 bridgehead atoms. The van der Waals surface area contributed by atoms with Crippen molar-refractivity contribution >= 4 is 34.4 Å². The van der Waals surface area contributed by atoms with Gasteiger partial charge < -0.3 is 19.2 Å². The van der Waals surface area contributed by atoms with Gasteiger partial charge in [0.05, 0.1) is 19.1 Å². The van der Waals surface area contributed by atoms with Crippen LogP contribution in [0.1, 0.15) is 22.5 Å². The lowest BCUT2D eigenvalue weighted by Gasteiger charge is -2.31. The van der Waals surface area contributed by atoms with E-state index in [1.807, 2.05) is 6.92 Å². The van der Waals surface area contributed by atoms with Gasteiger partial charge in [-0.3, -0.25) is 9.59 Å². The quantitative estimate of drug-likeness (QED) is 0.931. The highest BCUT2D eigenvalue weighted by Gasteiger charge is 2.29. The summed E-state index contributed by atoms with van der Waals surface area (Å²) in [5, 5.41) is 10.2. The van der Waals surface area contributed by atoms with E-state index in [0.29, 0.717) is 23.8 Å². The van der Waals surface area contributed by atoms with Crippen LogP contribution in [0, 0.1) is 6.92 Å². The zero-order valence-corrected chi connectivity index (χ0v) is 13.3. The van der Waals surface area contributed by atoms with E-state index in [4.69, 9.17) is 25.9 Å². The second-order valence-electron chi connectivity index (χ2n) is 5.54. The number of halogens is 1. The standard InChI is InChI=1S/C16H16ClNO5/c1-9-12-6-10(17)2-3-13(12)23-15(9)16(21)18-4-5-22-11(8-18)7-14(19)20/h2-3,6,11H,4-5,7-8H2,1H3,(H,19,20). The summed E-state index contributed by atoms with van der Waals surface area (Å²) in [6.07, 6.45) is -0.622. The highest BCUT2D eigenvalue weighted by atomic mass is 35.5. The molecule has 1 N–H and O–H groups in total. The molecular weight excluding hydrogens is 322 g/mol. The fraction of sp³-hybridized carbons (Fsp3) is 0.375. The number of furan rings is 1. The van der Waals surface area contributed by atoms with Crippen LogP contribution in [0.2, 0.25) is 5.02 Å². The van der Waals surface area contributed by atoms with Gasteiger partial charge in [0.2, 0.25) is 0 Å². The molecule has 1 unspecified atom stereocenters. The Morgan fingerprint density at radius 2 is 2.22 bits per heavy atom. The first-order valence-electron chi connectivity index (χ1n) is 7.27. The highest BCUT2D eigenvalue weighted by molar-refractivity contribution is 6.31. The SMILES string of the molecule is Cc1c(C(=O)N2CCOC(CC(=O)O)C2)oc2ccc(Cl)cc12. The van der Waals surface area contributed by atoms with Crippen molar-refractivity contribution in [3.63, 3.8) is 0 Å². The molecule has 2 aromatic rings. The number of hydrogen-bond donors (Lipinski definition) is 1. The molecule has 0 saturated carbocycles. The molecule has 122 valence electrons. The molecule has 1 saturated heterocycles. The number of carboxylic acid groups (broad SMARTS) is 1. The Morgan fingerprint density at radius 1 is 1.43 bits per heavy atom. The number of morpholine rings is 1. The fourth-order valence-corrected chi connectivity index (χ4v) is 2.93. The van der Waals surface area contributed by atoms with E-state index < -0.39 is 12.1 Å². The Labute approximate surface area is 137 Å². The average molecular weight is 338 g/mol. The lowest BCUT2D eigenvalue weighted by atomic mass is 10.1. The monoisotopic (exact) mass is 337 g/mol. The third kappa shape index (κ3) is 3.18. The molecule has 3 rings (SSSR count). The van der Waals surface area contributed by atoms with Crippen LogP contribution in [0.25, 0.3) is 11.0 Å². The van der Waals surface area contributed by atoms with Gasteiger partial charge in [-0.1, -0.05) is 11.6 Å². The largest absolute Gasteiger partial charge is 0.481 e. The zero-order valence-electron chi connectivity index (χ0n) is 12.5. The maximum absolute atomic E-state index is 12.7. The number of ether oxygens (including phenoxy) is 1. The number of rotatable bonds is 3. The zero-order chi connectivity index (χ0) is 16.6. The van der Waals surface area contributed by atoms with Crippen LogP contribution in [-0.4, -0.2) is 47.7 Å². The summed E-state index contributed by atoms with van der Waals surface area (Å²) in [7, 11) is 0. The van der Waals surface area contributed by atoms with E-state index in [9.17, 15) is 9.59 Å². The first kappa shape index (κ1) is 15.8. The molecule has 1 aromatic carbocycles. The van der Waals surface area contributed by atoms with Crippen LogP contribution >= 0.6 is 11.6 Å². The molecule has 1 fully saturated rings. The van der Waals surface area contributed by atoms with E-state index in [0.717, 1.165) is 10.9 Å². The van der Waals surface area contributed by atoms with Crippen molar-refractivity contribution in [3.05, 3.63) is 34.5 Å². The van der Waals surface area contributed by atoms with Crippen LogP contribution in [0.3, 0.4) is 0 Å². The fourth-order valence-electron chi connectivity index (χ4n) is 2.76. The predicted molar refractivity (Wildman–Crippen MR) is 83.9 cm³/mol. The van der Waals surface area contributed by atoms with Crippen molar-refractivity contribution in [1.29, 1.82) is 0 Å². The number of hydrogen-bond acceptors (Lipinski definition) is 4. The number of nitrogens with zero attached hydrogens (tertiary/aromatic N) is 1. The first-order chi connectivity index (χ1) is 11.0.